The van der Waals surface area contributed by atoms with Crippen LogP contribution in [-0.2, 0) is 17.7 Å². The molecule has 0 unspecified atom stereocenters. The number of rotatable bonds is 9. The quantitative estimate of drug-likeness (QED) is 0.300. The van der Waals surface area contributed by atoms with Gasteiger partial charge in [-0.15, -0.1) is 5.10 Å². The second kappa shape index (κ2) is 11.9. The van der Waals surface area contributed by atoms with Crippen molar-refractivity contribution in [1.82, 2.24) is 24.9 Å². The van der Waals surface area contributed by atoms with Crippen LogP contribution in [0, 0.1) is 11.3 Å². The average molecular weight is 526 g/mol. The van der Waals surface area contributed by atoms with Crippen LogP contribution < -0.4 is 5.32 Å². The van der Waals surface area contributed by atoms with Crippen LogP contribution >= 0.6 is 0 Å². The zero-order chi connectivity index (χ0) is 27.2. The van der Waals surface area contributed by atoms with Gasteiger partial charge in [-0.25, -0.2) is 9.67 Å². The summed E-state index contributed by atoms with van der Waals surface area (Å²) in [6.45, 7) is 7.47. The third-order valence-corrected chi connectivity index (χ3v) is 6.86. The monoisotopic (exact) mass is 525 g/mol. The van der Waals surface area contributed by atoms with E-state index >= 15 is 0 Å². The Morgan fingerprint density at radius 2 is 1.85 bits per heavy atom. The molecule has 10 heteroatoms. The number of aromatic nitrogens is 4. The highest BCUT2D eigenvalue weighted by Crippen LogP contribution is 2.39. The first-order valence-corrected chi connectivity index (χ1v) is 13.0. The molecule has 10 nitrogen and oxygen atoms in total. The maximum absolute atomic E-state index is 10.7. The molecule has 2 aromatic carbocycles. The Labute approximate surface area is 227 Å². The molecular weight excluding hydrogens is 494 g/mol. The van der Waals surface area contributed by atoms with Crippen molar-refractivity contribution in [3.05, 3.63) is 71.4 Å². The number of phenolic OH excluding ortho intramolecular Hbond substituents is 2. The van der Waals surface area contributed by atoms with Gasteiger partial charge in [-0.2, -0.15) is 5.26 Å². The van der Waals surface area contributed by atoms with Gasteiger partial charge in [-0.05, 0) is 47.9 Å². The number of ether oxygens (including phenoxy) is 1. The van der Waals surface area contributed by atoms with E-state index in [1.807, 2.05) is 31.2 Å². The summed E-state index contributed by atoms with van der Waals surface area (Å²) in [6.07, 6.45) is 2.37. The van der Waals surface area contributed by atoms with Gasteiger partial charge in [0.2, 0.25) is 0 Å². The number of hydrogen-bond acceptors (Lipinski definition) is 9. The van der Waals surface area contributed by atoms with E-state index in [4.69, 9.17) is 10.00 Å². The van der Waals surface area contributed by atoms with E-state index in [0.29, 0.717) is 41.0 Å². The van der Waals surface area contributed by atoms with E-state index in [1.165, 1.54) is 6.07 Å². The summed E-state index contributed by atoms with van der Waals surface area (Å²) in [5, 5.41) is 42.3. The summed E-state index contributed by atoms with van der Waals surface area (Å²) >= 11 is 0. The van der Waals surface area contributed by atoms with Crippen LogP contribution in [-0.4, -0.2) is 74.5 Å². The van der Waals surface area contributed by atoms with E-state index in [0.717, 1.165) is 56.3 Å². The number of hydrogen-bond donors (Lipinski definition) is 3. The lowest BCUT2D eigenvalue weighted by Crippen LogP contribution is -2.39. The molecule has 0 aliphatic carbocycles. The summed E-state index contributed by atoms with van der Waals surface area (Å²) < 4.78 is 7.17. The van der Waals surface area contributed by atoms with Gasteiger partial charge in [-0.1, -0.05) is 24.3 Å². The Hall–Kier alpha value is -4.46. The standard InChI is InChI=1S/C29H31N7O3/c1-2-22-15-24(26(38)16-25(22)37)28-29(36(34-33-28)19-21-5-3-20(17-30)4-6-21)23-7-8-27(32-18-23)31-9-10-35-11-13-39-14-12-35/h3-8,15-16,18,37-38H,2,9-14,19H2,1H3,(H,31,32). The molecule has 1 aliphatic heterocycles. The minimum atomic E-state index is -0.0780. The molecular formula is C29H31N7O3. The van der Waals surface area contributed by atoms with Crippen molar-refractivity contribution in [1.29, 1.82) is 5.26 Å². The number of benzene rings is 2. The molecule has 2 aromatic heterocycles. The van der Waals surface area contributed by atoms with Crippen LogP contribution in [0.4, 0.5) is 5.82 Å². The van der Waals surface area contributed by atoms with Gasteiger partial charge in [-0.3, -0.25) is 4.90 Å². The van der Waals surface area contributed by atoms with Crippen LogP contribution in [0.2, 0.25) is 0 Å². The molecule has 0 radical (unpaired) electrons. The number of phenols is 2. The smallest absolute Gasteiger partial charge is 0.128 e. The molecule has 0 amide bonds. The second-order valence-electron chi connectivity index (χ2n) is 9.42. The first kappa shape index (κ1) is 26.2. The van der Waals surface area contributed by atoms with Gasteiger partial charge in [0.15, 0.2) is 0 Å². The lowest BCUT2D eigenvalue weighted by atomic mass is 10.0. The number of nitrogens with zero attached hydrogens (tertiary/aromatic N) is 6. The Morgan fingerprint density at radius 3 is 2.54 bits per heavy atom. The lowest BCUT2D eigenvalue weighted by Gasteiger charge is -2.26. The maximum Gasteiger partial charge on any atom is 0.128 e. The number of anilines is 1. The minimum absolute atomic E-state index is 0.0412. The number of pyridine rings is 1. The van der Waals surface area contributed by atoms with Crippen molar-refractivity contribution in [3.63, 3.8) is 0 Å². The minimum Gasteiger partial charge on any atom is -0.508 e. The fourth-order valence-electron chi connectivity index (χ4n) is 4.65. The first-order chi connectivity index (χ1) is 19.1. The van der Waals surface area contributed by atoms with Crippen molar-refractivity contribution < 1.29 is 14.9 Å². The predicted octanol–water partition coefficient (Wildman–Crippen LogP) is 3.64. The van der Waals surface area contributed by atoms with E-state index in [2.05, 4.69) is 31.6 Å². The van der Waals surface area contributed by atoms with Crippen molar-refractivity contribution in [3.8, 4) is 40.1 Å². The van der Waals surface area contributed by atoms with E-state index in [9.17, 15) is 10.2 Å². The molecule has 39 heavy (non-hydrogen) atoms. The second-order valence-corrected chi connectivity index (χ2v) is 9.42. The fraction of sp³-hybridized carbons (Fsp3) is 0.310. The molecule has 4 aromatic rings. The predicted molar refractivity (Wildman–Crippen MR) is 147 cm³/mol. The highest BCUT2D eigenvalue weighted by atomic mass is 16.5. The lowest BCUT2D eigenvalue weighted by molar-refractivity contribution is 0.0398. The molecule has 0 saturated carbocycles. The van der Waals surface area contributed by atoms with Crippen LogP contribution in [0.25, 0.3) is 22.5 Å². The third kappa shape index (κ3) is 6.00. The zero-order valence-electron chi connectivity index (χ0n) is 21.8. The van der Waals surface area contributed by atoms with Gasteiger partial charge in [0.25, 0.3) is 0 Å². The van der Waals surface area contributed by atoms with Gasteiger partial charge in [0.05, 0.1) is 37.1 Å². The number of nitriles is 1. The van der Waals surface area contributed by atoms with Crippen LogP contribution in [0.3, 0.4) is 0 Å². The summed E-state index contributed by atoms with van der Waals surface area (Å²) in [5.74, 6) is 0.727. The van der Waals surface area contributed by atoms with Gasteiger partial charge in [0, 0.05) is 49.6 Å². The maximum atomic E-state index is 10.7. The zero-order valence-corrected chi connectivity index (χ0v) is 21.8. The SMILES string of the molecule is CCc1cc(-c2nnn(Cc3ccc(C#N)cc3)c2-c2ccc(NCCN3CCOCC3)nc2)c(O)cc1O. The molecule has 0 spiro atoms. The molecule has 200 valence electrons. The topological polar surface area (TPSA) is 132 Å². The van der Waals surface area contributed by atoms with Crippen LogP contribution in [0.5, 0.6) is 11.5 Å². The molecule has 3 N–H and O–H groups in total. The number of nitrogens with one attached hydrogen (secondary N) is 1. The normalized spacial score (nSPS) is 13.7. The molecule has 1 aliphatic rings. The van der Waals surface area contributed by atoms with E-state index in [1.54, 1.807) is 29.1 Å². The van der Waals surface area contributed by atoms with E-state index < -0.39 is 0 Å². The Balaban J connectivity index is 1.45. The summed E-state index contributed by atoms with van der Waals surface area (Å²) in [6, 6.07) is 16.4. The van der Waals surface area contributed by atoms with Gasteiger partial charge >= 0.3 is 0 Å². The number of morpholine rings is 1. The highest BCUT2D eigenvalue weighted by molar-refractivity contribution is 5.82. The summed E-state index contributed by atoms with van der Waals surface area (Å²) in [7, 11) is 0. The summed E-state index contributed by atoms with van der Waals surface area (Å²) in [4.78, 5) is 6.99. The largest absolute Gasteiger partial charge is 0.508 e. The van der Waals surface area contributed by atoms with Crippen molar-refractivity contribution >= 4 is 5.82 Å². The molecule has 0 bridgehead atoms. The summed E-state index contributed by atoms with van der Waals surface area (Å²) in [5.41, 5.74) is 4.69. The molecule has 0 atom stereocenters. The molecule has 1 saturated heterocycles. The van der Waals surface area contributed by atoms with Crippen LogP contribution in [0.15, 0.2) is 54.7 Å². The third-order valence-electron chi connectivity index (χ3n) is 6.86. The fourth-order valence-corrected chi connectivity index (χ4v) is 4.65. The number of aryl methyl sites for hydroxylation is 1. The average Bonchev–Trinajstić information content (AvgIpc) is 3.37. The highest BCUT2D eigenvalue weighted by Gasteiger charge is 2.21. The van der Waals surface area contributed by atoms with E-state index in [-0.39, 0.29) is 11.5 Å². The van der Waals surface area contributed by atoms with Crippen LogP contribution in [0.1, 0.15) is 23.6 Å². The van der Waals surface area contributed by atoms with Crippen molar-refractivity contribution in [2.24, 2.45) is 0 Å². The van der Waals surface area contributed by atoms with Crippen molar-refractivity contribution in [2.45, 2.75) is 19.9 Å². The first-order valence-electron chi connectivity index (χ1n) is 13.0. The van der Waals surface area contributed by atoms with Crippen molar-refractivity contribution in [2.75, 3.05) is 44.7 Å². The molecule has 1 fully saturated rings. The number of aromatic hydroxyl groups is 2. The van der Waals surface area contributed by atoms with Gasteiger partial charge in [0.1, 0.15) is 23.0 Å². The molecule has 3 heterocycles. The Bertz CT molecular complexity index is 1450. The van der Waals surface area contributed by atoms with Gasteiger partial charge < -0.3 is 20.3 Å². The Kier molecular flexibility index (Phi) is 8.01. The molecule has 5 rings (SSSR count). The Morgan fingerprint density at radius 1 is 1.05 bits per heavy atom.